The number of carbonyl (C=O) groups is 2. The quantitative estimate of drug-likeness (QED) is 0.539. The summed E-state index contributed by atoms with van der Waals surface area (Å²) in [4.78, 5) is 29.4. The molecule has 0 radical (unpaired) electrons. The van der Waals surface area contributed by atoms with Gasteiger partial charge in [-0.15, -0.1) is 0 Å². The van der Waals surface area contributed by atoms with E-state index in [0.29, 0.717) is 16.8 Å². The molecule has 0 saturated carbocycles. The Kier molecular flexibility index (Phi) is 3.24. The smallest absolute Gasteiger partial charge is 0.209 e. The molecule has 0 aliphatic rings. The highest BCUT2D eigenvalue weighted by molar-refractivity contribution is 6.15. The molecule has 0 aliphatic heterocycles. The second-order valence-electron chi connectivity index (χ2n) is 5.67. The molecule has 0 aliphatic carbocycles. The van der Waals surface area contributed by atoms with E-state index in [2.05, 4.69) is 4.98 Å². The largest absolute Gasteiger partial charge is 0.296 e. The zero-order valence-electron chi connectivity index (χ0n) is 13.1. The van der Waals surface area contributed by atoms with Gasteiger partial charge in [0.1, 0.15) is 6.33 Å². The maximum absolute atomic E-state index is 12.9. The third-order valence-corrected chi connectivity index (χ3v) is 4.16. The van der Waals surface area contributed by atoms with Gasteiger partial charge in [0.05, 0.1) is 16.7 Å². The number of Topliss-reactive ketones (excluding diaryl/α,β-unsaturated/α-hetero) is 1. The summed E-state index contributed by atoms with van der Waals surface area (Å²) in [6, 6.07) is 18.3. The predicted octanol–water partition coefficient (Wildman–Crippen LogP) is 3.92. The number of carbonyl (C=O) groups excluding carboxylic acids is 2. The first-order valence-corrected chi connectivity index (χ1v) is 7.66. The zero-order chi connectivity index (χ0) is 16.7. The molecule has 24 heavy (non-hydrogen) atoms. The monoisotopic (exact) mass is 314 g/mol. The van der Waals surface area contributed by atoms with Crippen LogP contribution in [0.3, 0.4) is 0 Å². The molecule has 4 heteroatoms. The summed E-state index contributed by atoms with van der Waals surface area (Å²) in [7, 11) is 0. The Bertz CT molecular complexity index is 1090. The van der Waals surface area contributed by atoms with E-state index in [1.807, 2.05) is 42.5 Å². The normalized spacial score (nSPS) is 11.0. The number of benzene rings is 2. The molecule has 0 saturated heterocycles. The van der Waals surface area contributed by atoms with Gasteiger partial charge in [0.15, 0.2) is 5.78 Å². The van der Waals surface area contributed by atoms with Crippen molar-refractivity contribution in [3.63, 3.8) is 0 Å². The van der Waals surface area contributed by atoms with Gasteiger partial charge in [-0.25, -0.2) is 4.98 Å². The fraction of sp³-hybridized carbons (Fsp3) is 0.0500. The molecule has 4 nitrogen and oxygen atoms in total. The third kappa shape index (κ3) is 2.12. The Balaban J connectivity index is 2.06. The second-order valence-corrected chi connectivity index (χ2v) is 5.67. The van der Waals surface area contributed by atoms with E-state index in [-0.39, 0.29) is 11.6 Å². The number of fused-ring (bicyclic) bond motifs is 3. The summed E-state index contributed by atoms with van der Waals surface area (Å²) >= 11 is 0. The number of ketones is 2. The van der Waals surface area contributed by atoms with Gasteiger partial charge in [-0.3, -0.25) is 14.0 Å². The van der Waals surface area contributed by atoms with E-state index in [0.717, 1.165) is 16.4 Å². The van der Waals surface area contributed by atoms with Crippen LogP contribution >= 0.6 is 0 Å². The Hall–Kier alpha value is -3.27. The fourth-order valence-electron chi connectivity index (χ4n) is 3.01. The van der Waals surface area contributed by atoms with Crippen molar-refractivity contribution < 1.29 is 9.59 Å². The van der Waals surface area contributed by atoms with Crippen LogP contribution in [0.25, 0.3) is 16.4 Å². The molecule has 0 N–H and O–H groups in total. The molecule has 0 amide bonds. The summed E-state index contributed by atoms with van der Waals surface area (Å²) in [5.74, 6) is -0.203. The number of hydrogen-bond acceptors (Lipinski definition) is 3. The molecule has 0 spiro atoms. The number of aromatic nitrogens is 2. The molecule has 116 valence electrons. The number of rotatable bonds is 3. The molecule has 2 aromatic heterocycles. The minimum Gasteiger partial charge on any atom is -0.296 e. The lowest BCUT2D eigenvalue weighted by Crippen LogP contribution is -2.05. The maximum atomic E-state index is 12.9. The lowest BCUT2D eigenvalue weighted by molar-refractivity contribution is 0.101. The highest BCUT2D eigenvalue weighted by atomic mass is 16.1. The summed E-state index contributed by atoms with van der Waals surface area (Å²) in [6.07, 6.45) is 1.61. The number of para-hydroxylation sites is 1. The fourth-order valence-corrected chi connectivity index (χ4v) is 3.01. The van der Waals surface area contributed by atoms with E-state index >= 15 is 0 Å². The van der Waals surface area contributed by atoms with E-state index in [4.69, 9.17) is 0 Å². The van der Waals surface area contributed by atoms with Gasteiger partial charge in [-0.2, -0.15) is 0 Å². The topological polar surface area (TPSA) is 51.4 Å². The van der Waals surface area contributed by atoms with Crippen LogP contribution in [0.1, 0.15) is 33.3 Å². The van der Waals surface area contributed by atoms with Gasteiger partial charge in [0, 0.05) is 16.5 Å². The number of nitrogens with zero attached hydrogens (tertiary/aromatic N) is 2. The molecule has 0 bridgehead atoms. The lowest BCUT2D eigenvalue weighted by Gasteiger charge is -2.05. The SMILES string of the molecule is CC(=O)c1cc(C(=O)c2ccccc2)n2cnc3ccccc3c12. The van der Waals surface area contributed by atoms with Crippen LogP contribution in [0.4, 0.5) is 0 Å². The van der Waals surface area contributed by atoms with Crippen LogP contribution in [-0.4, -0.2) is 21.0 Å². The van der Waals surface area contributed by atoms with Gasteiger partial charge in [-0.05, 0) is 19.1 Å². The van der Waals surface area contributed by atoms with Gasteiger partial charge in [0.25, 0.3) is 0 Å². The van der Waals surface area contributed by atoms with Crippen LogP contribution < -0.4 is 0 Å². The van der Waals surface area contributed by atoms with Gasteiger partial charge < -0.3 is 0 Å². The Morgan fingerprint density at radius 1 is 0.958 bits per heavy atom. The molecule has 4 rings (SSSR count). The minimum atomic E-state index is -0.129. The van der Waals surface area contributed by atoms with Crippen molar-refractivity contribution in [3.05, 3.63) is 83.8 Å². The molecular weight excluding hydrogens is 300 g/mol. The van der Waals surface area contributed by atoms with Crippen molar-refractivity contribution in [2.75, 3.05) is 0 Å². The summed E-state index contributed by atoms with van der Waals surface area (Å²) in [5.41, 5.74) is 3.09. The van der Waals surface area contributed by atoms with Crippen molar-refractivity contribution in [1.29, 1.82) is 0 Å². The highest BCUT2D eigenvalue weighted by Gasteiger charge is 2.20. The van der Waals surface area contributed by atoms with Crippen molar-refractivity contribution in [2.24, 2.45) is 0 Å². The van der Waals surface area contributed by atoms with Crippen LogP contribution in [0.2, 0.25) is 0 Å². The first-order valence-electron chi connectivity index (χ1n) is 7.66. The van der Waals surface area contributed by atoms with Crippen LogP contribution in [0, 0.1) is 0 Å². The van der Waals surface area contributed by atoms with E-state index < -0.39 is 0 Å². The summed E-state index contributed by atoms with van der Waals surface area (Å²) in [6.45, 7) is 1.52. The average molecular weight is 314 g/mol. The van der Waals surface area contributed by atoms with Gasteiger partial charge in [-0.1, -0.05) is 48.5 Å². The Labute approximate surface area is 138 Å². The summed E-state index contributed by atoms with van der Waals surface area (Å²) in [5, 5.41) is 0.859. The van der Waals surface area contributed by atoms with Crippen molar-refractivity contribution in [3.8, 4) is 0 Å². The molecular formula is C20H14N2O2. The Morgan fingerprint density at radius 2 is 1.67 bits per heavy atom. The van der Waals surface area contributed by atoms with E-state index in [1.54, 1.807) is 28.9 Å². The van der Waals surface area contributed by atoms with E-state index in [1.165, 1.54) is 6.92 Å². The van der Waals surface area contributed by atoms with Crippen molar-refractivity contribution in [1.82, 2.24) is 9.38 Å². The zero-order valence-corrected chi connectivity index (χ0v) is 13.1. The van der Waals surface area contributed by atoms with Crippen molar-refractivity contribution >= 4 is 28.0 Å². The molecule has 4 aromatic rings. The minimum absolute atomic E-state index is 0.0732. The maximum Gasteiger partial charge on any atom is 0.209 e. The molecule has 0 unspecified atom stereocenters. The number of hydrogen-bond donors (Lipinski definition) is 0. The van der Waals surface area contributed by atoms with Crippen LogP contribution in [0.5, 0.6) is 0 Å². The second kappa shape index (κ2) is 5.42. The average Bonchev–Trinajstić information content (AvgIpc) is 3.02. The predicted molar refractivity (Wildman–Crippen MR) is 92.6 cm³/mol. The first kappa shape index (κ1) is 14.3. The standard InChI is InChI=1S/C20H14N2O2/c1-13(23)16-11-18(20(24)14-7-3-2-4-8-14)22-12-21-17-10-6-5-9-15(17)19(16)22/h2-12H,1H3. The van der Waals surface area contributed by atoms with Crippen LogP contribution in [0.15, 0.2) is 67.0 Å². The van der Waals surface area contributed by atoms with Crippen molar-refractivity contribution in [2.45, 2.75) is 6.92 Å². The molecule has 0 fully saturated rings. The lowest BCUT2D eigenvalue weighted by atomic mass is 10.1. The van der Waals surface area contributed by atoms with Gasteiger partial charge >= 0.3 is 0 Å². The first-order chi connectivity index (χ1) is 11.7. The van der Waals surface area contributed by atoms with Crippen LogP contribution in [-0.2, 0) is 0 Å². The molecule has 2 heterocycles. The molecule has 2 aromatic carbocycles. The summed E-state index contributed by atoms with van der Waals surface area (Å²) < 4.78 is 1.72. The third-order valence-electron chi connectivity index (χ3n) is 4.16. The Morgan fingerprint density at radius 3 is 2.42 bits per heavy atom. The van der Waals surface area contributed by atoms with Gasteiger partial charge in [0.2, 0.25) is 5.78 Å². The molecule has 0 atom stereocenters. The van der Waals surface area contributed by atoms with E-state index in [9.17, 15) is 9.59 Å². The highest BCUT2D eigenvalue weighted by Crippen LogP contribution is 2.26.